The number of aliphatic hydroxyl groups is 1. The minimum atomic E-state index is -0.206. The quantitative estimate of drug-likeness (QED) is 0.576. The van der Waals surface area contributed by atoms with Crippen LogP contribution in [0.25, 0.3) is 0 Å². The fourth-order valence-electron chi connectivity index (χ4n) is 0.682. The molecule has 0 unspecified atom stereocenters. The molecule has 0 aromatic carbocycles. The highest BCUT2D eigenvalue weighted by molar-refractivity contribution is 4.96. The number of aliphatic hydroxyl groups excluding tert-OH is 1. The summed E-state index contributed by atoms with van der Waals surface area (Å²) < 4.78 is 0. The lowest BCUT2D eigenvalue weighted by atomic mass is 9.96. The van der Waals surface area contributed by atoms with Crippen molar-refractivity contribution in [2.75, 3.05) is 0 Å². The second kappa shape index (κ2) is 3.67. The van der Waals surface area contributed by atoms with Crippen molar-refractivity contribution in [2.45, 2.75) is 33.3 Å². The van der Waals surface area contributed by atoms with E-state index in [0.29, 0.717) is 0 Å². The summed E-state index contributed by atoms with van der Waals surface area (Å²) in [5, 5.41) is 9.24. The van der Waals surface area contributed by atoms with E-state index >= 15 is 0 Å². The number of hydrogen-bond donors (Lipinski definition) is 1. The first-order valence-electron chi connectivity index (χ1n) is 3.43. The zero-order chi connectivity index (χ0) is 7.44. The van der Waals surface area contributed by atoms with Crippen molar-refractivity contribution >= 4 is 0 Å². The smallest absolute Gasteiger partial charge is 0.0600 e. The molecule has 0 saturated heterocycles. The van der Waals surface area contributed by atoms with E-state index in [1.807, 2.05) is 20.8 Å². The Labute approximate surface area is 57.4 Å². The second-order valence-corrected chi connectivity index (χ2v) is 2.61. The highest BCUT2D eigenvalue weighted by atomic mass is 16.3. The summed E-state index contributed by atoms with van der Waals surface area (Å²) in [5.74, 6) is 0.245. The van der Waals surface area contributed by atoms with Crippen molar-refractivity contribution in [3.8, 4) is 0 Å². The zero-order valence-corrected chi connectivity index (χ0v) is 6.52. The Morgan fingerprint density at radius 1 is 1.67 bits per heavy atom. The minimum Gasteiger partial charge on any atom is -0.393 e. The minimum absolute atomic E-state index is 0.206. The first-order valence-corrected chi connectivity index (χ1v) is 3.43. The van der Waals surface area contributed by atoms with Crippen molar-refractivity contribution in [2.24, 2.45) is 5.92 Å². The van der Waals surface area contributed by atoms with Gasteiger partial charge in [-0.1, -0.05) is 26.0 Å². The maximum Gasteiger partial charge on any atom is 0.0600 e. The van der Waals surface area contributed by atoms with Crippen LogP contribution in [-0.4, -0.2) is 11.2 Å². The summed E-state index contributed by atoms with van der Waals surface area (Å²) in [4.78, 5) is 0. The first-order chi connectivity index (χ1) is 4.09. The van der Waals surface area contributed by atoms with Crippen molar-refractivity contribution < 1.29 is 5.11 Å². The SMILES string of the molecule is C=C(C)[C@@H](C)[C@@H](O)CC. The van der Waals surface area contributed by atoms with Crippen LogP contribution in [0, 0.1) is 5.92 Å². The van der Waals surface area contributed by atoms with Crippen LogP contribution in [0.15, 0.2) is 12.2 Å². The molecule has 0 amide bonds. The van der Waals surface area contributed by atoms with E-state index in [-0.39, 0.29) is 12.0 Å². The number of hydrogen-bond acceptors (Lipinski definition) is 1. The normalized spacial score (nSPS) is 16.9. The lowest BCUT2D eigenvalue weighted by Crippen LogP contribution is -2.16. The Balaban J connectivity index is 3.72. The van der Waals surface area contributed by atoms with Crippen molar-refractivity contribution in [3.63, 3.8) is 0 Å². The third-order valence-electron chi connectivity index (χ3n) is 1.77. The molecule has 1 nitrogen and oxygen atoms in total. The van der Waals surface area contributed by atoms with Gasteiger partial charge >= 0.3 is 0 Å². The van der Waals surface area contributed by atoms with Crippen molar-refractivity contribution in [1.82, 2.24) is 0 Å². The van der Waals surface area contributed by atoms with Gasteiger partial charge in [0.25, 0.3) is 0 Å². The van der Waals surface area contributed by atoms with E-state index < -0.39 is 0 Å². The number of rotatable bonds is 3. The molecule has 0 aliphatic rings. The van der Waals surface area contributed by atoms with E-state index in [2.05, 4.69) is 6.58 Å². The fourth-order valence-corrected chi connectivity index (χ4v) is 0.682. The monoisotopic (exact) mass is 128 g/mol. The molecule has 0 rings (SSSR count). The van der Waals surface area contributed by atoms with Crippen molar-refractivity contribution in [3.05, 3.63) is 12.2 Å². The second-order valence-electron chi connectivity index (χ2n) is 2.61. The van der Waals surface area contributed by atoms with Crippen LogP contribution in [0.4, 0.5) is 0 Å². The van der Waals surface area contributed by atoms with E-state index in [1.54, 1.807) is 0 Å². The van der Waals surface area contributed by atoms with Gasteiger partial charge in [-0.15, -0.1) is 0 Å². The molecule has 54 valence electrons. The largest absolute Gasteiger partial charge is 0.393 e. The molecule has 0 saturated carbocycles. The first kappa shape index (κ1) is 8.70. The summed E-state index contributed by atoms with van der Waals surface area (Å²) in [6.07, 6.45) is 0.607. The predicted octanol–water partition coefficient (Wildman–Crippen LogP) is 1.97. The van der Waals surface area contributed by atoms with Gasteiger partial charge in [0.05, 0.1) is 6.10 Å². The maximum atomic E-state index is 9.24. The highest BCUT2D eigenvalue weighted by Gasteiger charge is 2.11. The maximum absolute atomic E-state index is 9.24. The van der Waals surface area contributed by atoms with Crippen molar-refractivity contribution in [1.29, 1.82) is 0 Å². The Kier molecular flexibility index (Phi) is 3.55. The highest BCUT2D eigenvalue weighted by Crippen LogP contribution is 2.13. The van der Waals surface area contributed by atoms with Gasteiger partial charge < -0.3 is 5.11 Å². The molecule has 0 fully saturated rings. The molecule has 1 N–H and O–H groups in total. The summed E-state index contributed by atoms with van der Waals surface area (Å²) in [6.45, 7) is 9.68. The Morgan fingerprint density at radius 2 is 2.11 bits per heavy atom. The zero-order valence-electron chi connectivity index (χ0n) is 6.52. The molecule has 9 heavy (non-hydrogen) atoms. The molecule has 0 spiro atoms. The van der Waals surface area contributed by atoms with Crippen LogP contribution in [-0.2, 0) is 0 Å². The average molecular weight is 128 g/mol. The summed E-state index contributed by atoms with van der Waals surface area (Å²) in [5.41, 5.74) is 1.06. The predicted molar refractivity (Wildman–Crippen MR) is 40.3 cm³/mol. The molecule has 1 heteroatoms. The third-order valence-corrected chi connectivity index (χ3v) is 1.77. The molecular weight excluding hydrogens is 112 g/mol. The third kappa shape index (κ3) is 2.66. The van der Waals surface area contributed by atoms with Gasteiger partial charge in [0.1, 0.15) is 0 Å². The summed E-state index contributed by atoms with van der Waals surface area (Å²) in [6, 6.07) is 0. The van der Waals surface area contributed by atoms with E-state index in [4.69, 9.17) is 0 Å². The lowest BCUT2D eigenvalue weighted by Gasteiger charge is -2.16. The van der Waals surface area contributed by atoms with Gasteiger partial charge in [-0.3, -0.25) is 0 Å². The van der Waals surface area contributed by atoms with Crippen LogP contribution in [0.3, 0.4) is 0 Å². The fraction of sp³-hybridized carbons (Fsp3) is 0.750. The molecule has 0 bridgehead atoms. The molecule has 0 radical (unpaired) electrons. The molecule has 0 aliphatic heterocycles. The molecular formula is C8H16O. The molecule has 0 aromatic rings. The van der Waals surface area contributed by atoms with Crippen LogP contribution >= 0.6 is 0 Å². The summed E-state index contributed by atoms with van der Waals surface area (Å²) >= 11 is 0. The van der Waals surface area contributed by atoms with Gasteiger partial charge in [-0.25, -0.2) is 0 Å². The van der Waals surface area contributed by atoms with E-state index in [1.165, 1.54) is 0 Å². The molecule has 0 aromatic heterocycles. The Morgan fingerprint density at radius 3 is 2.22 bits per heavy atom. The lowest BCUT2D eigenvalue weighted by molar-refractivity contribution is 0.129. The topological polar surface area (TPSA) is 20.2 Å². The van der Waals surface area contributed by atoms with Crippen LogP contribution in [0.2, 0.25) is 0 Å². The summed E-state index contributed by atoms with van der Waals surface area (Å²) in [7, 11) is 0. The van der Waals surface area contributed by atoms with Crippen LogP contribution < -0.4 is 0 Å². The van der Waals surface area contributed by atoms with Crippen LogP contribution in [0.5, 0.6) is 0 Å². The standard InChI is InChI=1S/C8H16O/c1-5-8(9)7(4)6(2)3/h7-9H,2,5H2,1,3-4H3/t7-,8+/m1/s1. The Bertz CT molecular complexity index is 96.7. The van der Waals surface area contributed by atoms with Gasteiger partial charge in [0.2, 0.25) is 0 Å². The van der Waals surface area contributed by atoms with Gasteiger partial charge in [0.15, 0.2) is 0 Å². The van der Waals surface area contributed by atoms with Gasteiger partial charge in [-0.2, -0.15) is 0 Å². The van der Waals surface area contributed by atoms with E-state index in [9.17, 15) is 5.11 Å². The van der Waals surface area contributed by atoms with Gasteiger partial charge in [0, 0.05) is 5.92 Å². The molecule has 2 atom stereocenters. The Hall–Kier alpha value is -0.300. The molecule has 0 heterocycles. The average Bonchev–Trinajstić information content (AvgIpc) is 1.84. The van der Waals surface area contributed by atoms with Crippen LogP contribution in [0.1, 0.15) is 27.2 Å². The van der Waals surface area contributed by atoms with Gasteiger partial charge in [-0.05, 0) is 13.3 Å². The van der Waals surface area contributed by atoms with E-state index in [0.717, 1.165) is 12.0 Å². The molecule has 0 aliphatic carbocycles.